The Kier molecular flexibility index (Phi) is 5.33. The molecular formula is C23H26N2O3. The van der Waals surface area contributed by atoms with E-state index < -0.39 is 0 Å². The van der Waals surface area contributed by atoms with Gasteiger partial charge in [0.05, 0.1) is 0 Å². The van der Waals surface area contributed by atoms with Crippen molar-refractivity contribution < 1.29 is 14.3 Å². The Hall–Kier alpha value is -2.82. The summed E-state index contributed by atoms with van der Waals surface area (Å²) >= 11 is 0. The van der Waals surface area contributed by atoms with Gasteiger partial charge in [-0.15, -0.1) is 0 Å². The van der Waals surface area contributed by atoms with Gasteiger partial charge in [0, 0.05) is 31.0 Å². The summed E-state index contributed by atoms with van der Waals surface area (Å²) in [4.78, 5) is 26.8. The molecular weight excluding hydrogens is 352 g/mol. The molecule has 5 heteroatoms. The van der Waals surface area contributed by atoms with Crippen molar-refractivity contribution in [2.45, 2.75) is 31.3 Å². The third kappa shape index (κ3) is 3.61. The van der Waals surface area contributed by atoms with Crippen LogP contribution in [0.25, 0.3) is 0 Å². The molecule has 28 heavy (non-hydrogen) atoms. The van der Waals surface area contributed by atoms with Crippen LogP contribution in [0.15, 0.2) is 60.7 Å². The second-order valence-corrected chi connectivity index (χ2v) is 7.68. The molecule has 2 aromatic carbocycles. The van der Waals surface area contributed by atoms with Gasteiger partial charge in [-0.3, -0.25) is 4.79 Å². The van der Waals surface area contributed by atoms with Crippen molar-refractivity contribution in [3.05, 3.63) is 71.8 Å². The molecule has 0 aliphatic carbocycles. The van der Waals surface area contributed by atoms with Crippen LogP contribution in [-0.4, -0.2) is 36.5 Å². The van der Waals surface area contributed by atoms with E-state index in [0.717, 1.165) is 31.4 Å². The zero-order valence-corrected chi connectivity index (χ0v) is 16.0. The van der Waals surface area contributed by atoms with Crippen LogP contribution >= 0.6 is 0 Å². The van der Waals surface area contributed by atoms with Gasteiger partial charge < -0.3 is 15.0 Å². The van der Waals surface area contributed by atoms with Crippen LogP contribution < -0.4 is 5.32 Å². The first-order valence-electron chi connectivity index (χ1n) is 9.98. The van der Waals surface area contributed by atoms with Gasteiger partial charge >= 0.3 is 6.09 Å². The average molecular weight is 378 g/mol. The zero-order chi connectivity index (χ0) is 19.4. The standard InChI is InChI=1S/C23H26N2O3/c26-21-20(11-14-24-21)23(19-9-5-2-6-10-19)12-15-25(16-13-23)22(27)28-17-18-7-3-1-4-8-18/h1-10,20H,11-17H2,(H,24,26). The minimum absolute atomic E-state index is 0.0302. The van der Waals surface area contributed by atoms with Gasteiger partial charge in [0.2, 0.25) is 5.91 Å². The number of benzene rings is 2. The summed E-state index contributed by atoms with van der Waals surface area (Å²) in [7, 11) is 0. The van der Waals surface area contributed by atoms with E-state index in [9.17, 15) is 9.59 Å². The van der Waals surface area contributed by atoms with E-state index in [1.165, 1.54) is 5.56 Å². The number of ether oxygens (including phenoxy) is 1. The molecule has 1 unspecified atom stereocenters. The molecule has 2 saturated heterocycles. The maximum Gasteiger partial charge on any atom is 0.410 e. The maximum atomic E-state index is 12.5. The summed E-state index contributed by atoms with van der Waals surface area (Å²) in [6, 6.07) is 20.0. The molecule has 2 fully saturated rings. The lowest BCUT2D eigenvalue weighted by Gasteiger charge is -2.44. The molecule has 2 aromatic rings. The van der Waals surface area contributed by atoms with Gasteiger partial charge in [-0.1, -0.05) is 60.7 Å². The molecule has 0 bridgehead atoms. The molecule has 2 amide bonds. The Bertz CT molecular complexity index is 814. The van der Waals surface area contributed by atoms with Crippen molar-refractivity contribution >= 4 is 12.0 Å². The number of piperidine rings is 1. The van der Waals surface area contributed by atoms with E-state index >= 15 is 0 Å². The van der Waals surface area contributed by atoms with Crippen molar-refractivity contribution in [1.29, 1.82) is 0 Å². The summed E-state index contributed by atoms with van der Waals surface area (Å²) < 4.78 is 5.50. The molecule has 0 aromatic heterocycles. The first kappa shape index (κ1) is 18.5. The fraction of sp³-hybridized carbons (Fsp3) is 0.391. The van der Waals surface area contributed by atoms with Gasteiger partial charge in [0.25, 0.3) is 0 Å². The Balaban J connectivity index is 1.45. The Morgan fingerprint density at radius 3 is 2.29 bits per heavy atom. The molecule has 5 nitrogen and oxygen atoms in total. The molecule has 0 saturated carbocycles. The SMILES string of the molecule is O=C1NCCC1C1(c2ccccc2)CCN(C(=O)OCc2ccccc2)CC1. The van der Waals surface area contributed by atoms with Gasteiger partial charge in [0.15, 0.2) is 0 Å². The molecule has 4 rings (SSSR count). The quantitative estimate of drug-likeness (QED) is 0.886. The van der Waals surface area contributed by atoms with Gasteiger partial charge in [0.1, 0.15) is 6.61 Å². The number of carbonyl (C=O) groups is 2. The monoisotopic (exact) mass is 378 g/mol. The number of amides is 2. The number of carbonyl (C=O) groups excluding carboxylic acids is 2. The second-order valence-electron chi connectivity index (χ2n) is 7.68. The maximum absolute atomic E-state index is 12.5. The van der Waals surface area contributed by atoms with Crippen molar-refractivity contribution in [1.82, 2.24) is 10.2 Å². The second kappa shape index (κ2) is 8.05. The molecule has 1 atom stereocenters. The van der Waals surface area contributed by atoms with Gasteiger partial charge in [-0.25, -0.2) is 4.79 Å². The smallest absolute Gasteiger partial charge is 0.410 e. The third-order valence-electron chi connectivity index (χ3n) is 6.18. The molecule has 146 valence electrons. The van der Waals surface area contributed by atoms with Crippen LogP contribution in [-0.2, 0) is 21.6 Å². The van der Waals surface area contributed by atoms with Crippen molar-refractivity contribution in [3.8, 4) is 0 Å². The largest absolute Gasteiger partial charge is 0.445 e. The fourth-order valence-corrected chi connectivity index (χ4v) is 4.63. The number of hydrogen-bond donors (Lipinski definition) is 1. The predicted molar refractivity (Wildman–Crippen MR) is 107 cm³/mol. The summed E-state index contributed by atoms with van der Waals surface area (Å²) in [6.45, 7) is 2.23. The number of likely N-dealkylation sites (tertiary alicyclic amines) is 1. The van der Waals surface area contributed by atoms with E-state index in [-0.39, 0.29) is 29.9 Å². The van der Waals surface area contributed by atoms with Crippen LogP contribution in [0.4, 0.5) is 4.79 Å². The van der Waals surface area contributed by atoms with Crippen molar-refractivity contribution in [3.63, 3.8) is 0 Å². The summed E-state index contributed by atoms with van der Waals surface area (Å²) in [5.41, 5.74) is 1.97. The normalized spacial score (nSPS) is 21.2. The molecule has 1 N–H and O–H groups in total. The van der Waals surface area contributed by atoms with Gasteiger partial charge in [-0.05, 0) is 30.4 Å². The predicted octanol–water partition coefficient (Wildman–Crippen LogP) is 3.49. The summed E-state index contributed by atoms with van der Waals surface area (Å²) in [5, 5.41) is 2.99. The van der Waals surface area contributed by atoms with E-state index in [4.69, 9.17) is 4.74 Å². The van der Waals surface area contributed by atoms with Crippen molar-refractivity contribution in [2.75, 3.05) is 19.6 Å². The lowest BCUT2D eigenvalue weighted by molar-refractivity contribution is -0.125. The highest BCUT2D eigenvalue weighted by atomic mass is 16.6. The summed E-state index contributed by atoms with van der Waals surface area (Å²) in [5.74, 6) is 0.112. The number of nitrogens with zero attached hydrogens (tertiary/aromatic N) is 1. The minimum atomic E-state index is -0.276. The Morgan fingerprint density at radius 2 is 1.68 bits per heavy atom. The number of rotatable bonds is 4. The van der Waals surface area contributed by atoms with Crippen LogP contribution in [0.3, 0.4) is 0 Å². The highest BCUT2D eigenvalue weighted by Crippen LogP contribution is 2.44. The average Bonchev–Trinajstić information content (AvgIpc) is 3.20. The lowest BCUT2D eigenvalue weighted by Crippen LogP contribution is -2.50. The Morgan fingerprint density at radius 1 is 1.04 bits per heavy atom. The molecule has 2 aliphatic heterocycles. The topological polar surface area (TPSA) is 58.6 Å². The first-order valence-corrected chi connectivity index (χ1v) is 9.98. The zero-order valence-electron chi connectivity index (χ0n) is 16.0. The van der Waals surface area contributed by atoms with Crippen LogP contribution in [0, 0.1) is 5.92 Å². The van der Waals surface area contributed by atoms with E-state index in [0.29, 0.717) is 13.1 Å². The molecule has 0 spiro atoms. The highest BCUT2D eigenvalue weighted by molar-refractivity contribution is 5.82. The minimum Gasteiger partial charge on any atom is -0.445 e. The number of hydrogen-bond acceptors (Lipinski definition) is 3. The van der Waals surface area contributed by atoms with E-state index in [1.54, 1.807) is 4.90 Å². The number of nitrogens with one attached hydrogen (secondary N) is 1. The highest BCUT2D eigenvalue weighted by Gasteiger charge is 2.48. The van der Waals surface area contributed by atoms with Crippen LogP contribution in [0.5, 0.6) is 0 Å². The van der Waals surface area contributed by atoms with Crippen LogP contribution in [0.2, 0.25) is 0 Å². The van der Waals surface area contributed by atoms with Crippen LogP contribution in [0.1, 0.15) is 30.4 Å². The first-order chi connectivity index (χ1) is 13.7. The van der Waals surface area contributed by atoms with E-state index in [1.807, 2.05) is 48.5 Å². The van der Waals surface area contributed by atoms with Gasteiger partial charge in [-0.2, -0.15) is 0 Å². The fourth-order valence-electron chi connectivity index (χ4n) is 4.63. The van der Waals surface area contributed by atoms with Crippen molar-refractivity contribution in [2.24, 2.45) is 5.92 Å². The summed E-state index contributed by atoms with van der Waals surface area (Å²) in [6.07, 6.45) is 2.12. The van der Waals surface area contributed by atoms with E-state index in [2.05, 4.69) is 17.4 Å². The molecule has 2 heterocycles. The lowest BCUT2D eigenvalue weighted by atomic mass is 9.64. The Labute approximate surface area is 165 Å². The molecule has 2 aliphatic rings. The molecule has 0 radical (unpaired) electrons. The third-order valence-corrected chi connectivity index (χ3v) is 6.18.